The SMILES string of the molecule is CC1(C)/C(=C\C=CC(=CC=CC2N(CCCCS(=O)(=O)O)c3ccc(SOO[O-])cc3C2(C)C)CCS(=O)(=O)[O-])N(CCCCS(=O)(=O)[O-])c2ccc(S(=O)(=O)[O-])cc21.[Na+].[Na+].[Na+].[Na+]. The molecule has 1 unspecified atom stereocenters. The van der Waals surface area contributed by atoms with E-state index in [4.69, 9.17) is 0 Å². The maximum Gasteiger partial charge on any atom is 1.00 e. The standard InChI is InChI=1S/C37H50N2O15S5.4Na/c1-36(2)30-25-28(55-54-53-40)15-17-32(30)38(20-5-7-22-56(41,42)43)34(36)13-9-11-27(19-24-58(47,48)49)12-10-14-35-37(3,4)31-26-29(59(50,51)52)16-18-33(31)39(35)21-6-8-23-57(44,45)46;;;;/h9-18,25-26,34,40H,5-8,19-24H2,1-4H3,(H,41,42,43)(H,44,45,46)(H,47,48,49)(H,50,51,52);;;;/q;4*+1/p-4/b12-10?,13-9?,27-11?,35-14+;;;;. The summed E-state index contributed by atoms with van der Waals surface area (Å²) in [7, 11) is -18.0. The zero-order valence-electron chi connectivity index (χ0n) is 36.7. The van der Waals surface area contributed by atoms with E-state index in [0.29, 0.717) is 40.4 Å². The van der Waals surface area contributed by atoms with E-state index in [9.17, 15) is 57.1 Å². The zero-order valence-corrected chi connectivity index (χ0v) is 48.8. The van der Waals surface area contributed by atoms with E-state index in [1.807, 2.05) is 37.0 Å². The van der Waals surface area contributed by atoms with Gasteiger partial charge in [0.1, 0.15) is 10.1 Å². The second-order valence-corrected chi connectivity index (χ2v) is 22.0. The average molecular weight is 1010 g/mol. The van der Waals surface area contributed by atoms with Crippen LogP contribution in [0.25, 0.3) is 0 Å². The second kappa shape index (κ2) is 26.7. The summed E-state index contributed by atoms with van der Waals surface area (Å²) in [5, 5.41) is 13.9. The van der Waals surface area contributed by atoms with Gasteiger partial charge in [-0.3, -0.25) is 9.59 Å². The second-order valence-electron chi connectivity index (χ2n) is 15.2. The fourth-order valence-electron chi connectivity index (χ4n) is 7.37. The molecule has 4 rings (SSSR count). The van der Waals surface area contributed by atoms with Crippen LogP contribution in [-0.4, -0.2) is 88.3 Å². The molecule has 0 bridgehead atoms. The summed E-state index contributed by atoms with van der Waals surface area (Å²) in [5.74, 6) is -1.69. The van der Waals surface area contributed by atoms with Gasteiger partial charge in [-0.1, -0.05) is 58.1 Å². The molecule has 1 N–H and O–H groups in total. The topological polar surface area (TPSA) is 274 Å². The zero-order chi connectivity index (χ0) is 44.0. The Morgan fingerprint density at radius 1 is 0.778 bits per heavy atom. The first-order valence-electron chi connectivity index (χ1n) is 18.3. The van der Waals surface area contributed by atoms with Gasteiger partial charge in [-0.2, -0.15) is 12.8 Å². The maximum absolute atomic E-state index is 11.9. The largest absolute Gasteiger partial charge is 1.00 e. The van der Waals surface area contributed by atoms with E-state index >= 15 is 0 Å². The summed E-state index contributed by atoms with van der Waals surface area (Å²) < 4.78 is 141. The Kier molecular flexibility index (Phi) is 27.1. The van der Waals surface area contributed by atoms with Gasteiger partial charge in [0.25, 0.3) is 10.1 Å². The summed E-state index contributed by atoms with van der Waals surface area (Å²) in [4.78, 5) is 4.05. The number of rotatable bonds is 21. The third-order valence-electron chi connectivity index (χ3n) is 10.2. The molecule has 2 heterocycles. The first-order chi connectivity index (χ1) is 27.2. The molecular weight excluding hydrogens is 965 g/mol. The van der Waals surface area contributed by atoms with Crippen molar-refractivity contribution in [3.63, 3.8) is 0 Å². The molecule has 0 saturated carbocycles. The minimum atomic E-state index is -4.80. The van der Waals surface area contributed by atoms with Crippen LogP contribution in [0, 0.1) is 0 Å². The van der Waals surface area contributed by atoms with Crippen molar-refractivity contribution in [2.75, 3.05) is 40.1 Å². The molecule has 26 heteroatoms. The number of allylic oxidation sites excluding steroid dienone is 7. The summed E-state index contributed by atoms with van der Waals surface area (Å²) in [5.41, 5.74) is 2.41. The van der Waals surface area contributed by atoms with E-state index in [-0.39, 0.29) is 156 Å². The predicted octanol–water partition coefficient (Wildman–Crippen LogP) is -8.05. The summed E-state index contributed by atoms with van der Waals surface area (Å²) >= 11 is 0.728. The van der Waals surface area contributed by atoms with E-state index in [1.165, 1.54) is 18.2 Å². The van der Waals surface area contributed by atoms with E-state index in [1.54, 1.807) is 50.3 Å². The molecule has 0 fully saturated rings. The van der Waals surface area contributed by atoms with Gasteiger partial charge in [-0.25, -0.2) is 25.3 Å². The van der Waals surface area contributed by atoms with Crippen molar-refractivity contribution in [2.45, 2.75) is 86.5 Å². The van der Waals surface area contributed by atoms with E-state index in [0.717, 1.165) is 23.3 Å². The van der Waals surface area contributed by atoms with Crippen molar-refractivity contribution in [1.29, 1.82) is 0 Å². The number of benzene rings is 2. The van der Waals surface area contributed by atoms with Crippen LogP contribution >= 0.6 is 12.0 Å². The Labute approximate surface area is 464 Å². The molecule has 0 aliphatic carbocycles. The Bertz CT molecular complexity index is 2450. The number of anilines is 2. The van der Waals surface area contributed by atoms with Gasteiger partial charge in [-0.15, -0.1) is 0 Å². The van der Waals surface area contributed by atoms with Gasteiger partial charge in [-0.05, 0) is 91.3 Å². The van der Waals surface area contributed by atoms with Gasteiger partial charge < -0.3 is 28.7 Å². The van der Waals surface area contributed by atoms with Gasteiger partial charge in [0, 0.05) is 57.4 Å². The minimum absolute atomic E-state index is 0. The van der Waals surface area contributed by atoms with Crippen molar-refractivity contribution in [3.05, 3.63) is 95.3 Å². The molecule has 0 spiro atoms. The Hall–Kier alpha value is 0.870. The molecule has 0 aromatic heterocycles. The van der Waals surface area contributed by atoms with Gasteiger partial charge >= 0.3 is 118 Å². The predicted molar refractivity (Wildman–Crippen MR) is 216 cm³/mol. The Morgan fingerprint density at radius 3 is 1.97 bits per heavy atom. The van der Waals surface area contributed by atoms with Gasteiger partial charge in [0.15, 0.2) is 0 Å². The normalized spacial score (nSPS) is 17.8. The van der Waals surface area contributed by atoms with E-state index < -0.39 is 73.5 Å². The van der Waals surface area contributed by atoms with E-state index in [2.05, 4.69) is 14.3 Å². The van der Waals surface area contributed by atoms with Crippen LogP contribution < -0.4 is 133 Å². The fraction of sp³-hybridized carbons (Fsp3) is 0.459. The van der Waals surface area contributed by atoms with Crippen molar-refractivity contribution in [2.24, 2.45) is 0 Å². The third-order valence-corrected chi connectivity index (χ3v) is 13.9. The fourth-order valence-corrected chi connectivity index (χ4v) is 9.87. The van der Waals surface area contributed by atoms with Crippen LogP contribution in [0.2, 0.25) is 0 Å². The monoisotopic (exact) mass is 1010 g/mol. The first-order valence-corrected chi connectivity index (χ1v) is 25.2. The molecular formula is C37H46N2Na4O15S5. The van der Waals surface area contributed by atoms with Crippen molar-refractivity contribution >= 4 is 63.9 Å². The Morgan fingerprint density at radius 2 is 1.38 bits per heavy atom. The molecule has 2 aromatic rings. The van der Waals surface area contributed by atoms with Crippen molar-refractivity contribution in [1.82, 2.24) is 0 Å². The molecule has 63 heavy (non-hydrogen) atoms. The molecule has 0 radical (unpaired) electrons. The molecule has 2 aliphatic heterocycles. The average Bonchev–Trinajstić information content (AvgIpc) is 3.45. The molecule has 0 amide bonds. The number of nitrogens with zero attached hydrogens (tertiary/aromatic N) is 2. The number of unbranched alkanes of at least 4 members (excludes halogenated alkanes) is 2. The quantitative estimate of drug-likeness (QED) is 0.0231. The molecule has 2 aliphatic rings. The molecule has 328 valence electrons. The first kappa shape index (κ1) is 63.9. The number of hydrogen-bond acceptors (Lipinski definition) is 17. The smallest absolute Gasteiger partial charge is 0.748 e. The van der Waals surface area contributed by atoms with Crippen LogP contribution in [0.15, 0.2) is 93.9 Å². The molecule has 2 aromatic carbocycles. The van der Waals surface area contributed by atoms with Crippen LogP contribution in [0.4, 0.5) is 11.4 Å². The molecule has 1 atom stereocenters. The minimum Gasteiger partial charge on any atom is -0.748 e. The number of fused-ring (bicyclic) bond motifs is 2. The summed E-state index contributed by atoms with van der Waals surface area (Å²) in [6.07, 6.45) is 11.0. The van der Waals surface area contributed by atoms with Crippen LogP contribution in [0.5, 0.6) is 0 Å². The molecule has 0 saturated heterocycles. The van der Waals surface area contributed by atoms with Crippen molar-refractivity contribution in [3.8, 4) is 0 Å². The van der Waals surface area contributed by atoms with Crippen LogP contribution in [0.1, 0.15) is 70.9 Å². The number of hydrogen-bond donors (Lipinski definition) is 1. The summed E-state index contributed by atoms with van der Waals surface area (Å²) in [6.45, 7) is 8.22. The Balaban J connectivity index is 0.00000961. The van der Waals surface area contributed by atoms with Crippen LogP contribution in [0.3, 0.4) is 0 Å². The third kappa shape index (κ3) is 19.0. The summed E-state index contributed by atoms with van der Waals surface area (Å²) in [6, 6.07) is 9.03. The van der Waals surface area contributed by atoms with Crippen molar-refractivity contribution < 1.29 is 185 Å². The maximum atomic E-state index is 11.9. The van der Waals surface area contributed by atoms with Gasteiger partial charge in [0.05, 0.1) is 49.0 Å². The van der Waals surface area contributed by atoms with Gasteiger partial charge in [0.2, 0.25) is 0 Å². The van der Waals surface area contributed by atoms with Crippen LogP contribution in [-0.2, 0) is 60.7 Å². The molecule has 17 nitrogen and oxygen atoms in total.